The molecule has 1 unspecified atom stereocenters. The Morgan fingerprint density at radius 3 is 3.04 bits per heavy atom. The predicted octanol–water partition coefficient (Wildman–Crippen LogP) is 2.47. The van der Waals surface area contributed by atoms with Gasteiger partial charge in [0.1, 0.15) is 17.3 Å². The Kier molecular flexibility index (Phi) is 5.52. The van der Waals surface area contributed by atoms with Gasteiger partial charge in [0.2, 0.25) is 0 Å². The topological polar surface area (TPSA) is 77.4 Å². The van der Waals surface area contributed by atoms with Gasteiger partial charge < -0.3 is 14.4 Å². The smallest absolute Gasteiger partial charge is 0.180 e. The van der Waals surface area contributed by atoms with Crippen molar-refractivity contribution in [2.24, 2.45) is 5.92 Å². The number of hydrogen-bond donors (Lipinski definition) is 0. The minimum Gasteiger partial charge on any atom is -0.497 e. The van der Waals surface area contributed by atoms with Crippen LogP contribution in [-0.4, -0.2) is 54.7 Å². The Hall–Kier alpha value is -2.54. The van der Waals surface area contributed by atoms with Crippen LogP contribution in [0.25, 0.3) is 11.5 Å². The van der Waals surface area contributed by atoms with E-state index in [1.165, 1.54) is 0 Å². The number of ketones is 1. The Labute approximate surface area is 165 Å². The lowest BCUT2D eigenvalue weighted by molar-refractivity contribution is -0.118. The number of rotatable bonds is 7. The molecule has 3 heterocycles. The Balaban J connectivity index is 1.58. The van der Waals surface area contributed by atoms with E-state index in [9.17, 15) is 4.79 Å². The zero-order chi connectivity index (χ0) is 19.5. The molecule has 1 aliphatic heterocycles. The highest BCUT2D eigenvalue weighted by molar-refractivity contribution is 5.83. The minimum atomic E-state index is 0.226. The number of aryl methyl sites for hydroxylation is 1. The summed E-state index contributed by atoms with van der Waals surface area (Å²) in [7, 11) is 3.57. The molecule has 1 atom stereocenters. The number of carbonyl (C=O) groups is 1. The molecule has 2 aromatic rings. The molecule has 0 radical (unpaired) electrons. The quantitative estimate of drug-likeness (QED) is 0.728. The summed E-state index contributed by atoms with van der Waals surface area (Å²) in [4.78, 5) is 28.5. The highest BCUT2D eigenvalue weighted by Crippen LogP contribution is 2.31. The lowest BCUT2D eigenvalue weighted by atomic mass is 10.0. The molecule has 0 aromatic carbocycles. The van der Waals surface area contributed by atoms with Gasteiger partial charge in [0.05, 0.1) is 13.7 Å². The lowest BCUT2D eigenvalue weighted by Crippen LogP contribution is -2.29. The Morgan fingerprint density at radius 1 is 1.36 bits per heavy atom. The van der Waals surface area contributed by atoms with Gasteiger partial charge in [-0.15, -0.1) is 0 Å². The first-order chi connectivity index (χ1) is 13.6. The summed E-state index contributed by atoms with van der Waals surface area (Å²) >= 11 is 0. The third kappa shape index (κ3) is 3.99. The van der Waals surface area contributed by atoms with Crippen LogP contribution in [0, 0.1) is 5.92 Å². The maximum Gasteiger partial charge on any atom is 0.180 e. The molecule has 28 heavy (non-hydrogen) atoms. The van der Waals surface area contributed by atoms with E-state index in [4.69, 9.17) is 19.4 Å². The molecule has 0 saturated carbocycles. The van der Waals surface area contributed by atoms with Gasteiger partial charge in [-0.1, -0.05) is 0 Å². The van der Waals surface area contributed by atoms with E-state index >= 15 is 0 Å². The number of aromatic nitrogens is 3. The molecule has 2 aromatic heterocycles. The number of fused-ring (bicyclic) bond motifs is 1. The number of Topliss-reactive ketones (excluding diaryl/α,β-unsaturated/α-hetero) is 1. The normalized spacial score (nSPS) is 18.1. The van der Waals surface area contributed by atoms with Crippen LogP contribution < -0.4 is 9.64 Å². The highest BCUT2D eigenvalue weighted by Gasteiger charge is 2.25. The molecule has 7 heteroatoms. The standard InChI is InChI=1S/C21H26N4O3/c1-25(12-15(26)10-14-7-9-28-13-14)21-17-4-3-5-18(17)23-20(24-21)19-11-16(27-2)6-8-22-19/h6,8,11,14H,3-5,7,9-10,12-13H2,1-2H3. The van der Waals surface area contributed by atoms with E-state index in [0.717, 1.165) is 55.1 Å². The van der Waals surface area contributed by atoms with Crippen molar-refractivity contribution in [2.75, 3.05) is 38.8 Å². The second-order valence-electron chi connectivity index (χ2n) is 7.56. The second kappa shape index (κ2) is 8.22. The van der Waals surface area contributed by atoms with Gasteiger partial charge in [-0.3, -0.25) is 9.78 Å². The van der Waals surface area contributed by atoms with Gasteiger partial charge in [-0.2, -0.15) is 0 Å². The molecule has 1 fully saturated rings. The molecule has 2 aliphatic rings. The molecule has 1 aliphatic carbocycles. The van der Waals surface area contributed by atoms with Crippen molar-refractivity contribution in [1.29, 1.82) is 0 Å². The summed E-state index contributed by atoms with van der Waals surface area (Å²) in [5.74, 6) is 2.73. The van der Waals surface area contributed by atoms with Crippen molar-refractivity contribution in [1.82, 2.24) is 15.0 Å². The van der Waals surface area contributed by atoms with Crippen LogP contribution in [0.2, 0.25) is 0 Å². The predicted molar refractivity (Wildman–Crippen MR) is 106 cm³/mol. The molecular weight excluding hydrogens is 356 g/mol. The summed E-state index contributed by atoms with van der Waals surface area (Å²) in [6.45, 7) is 1.82. The van der Waals surface area contributed by atoms with Gasteiger partial charge in [-0.05, 0) is 37.7 Å². The SMILES string of the molecule is COc1ccnc(-c2nc3c(c(N(C)CC(=O)CC4CCOC4)n2)CCC3)c1. The fourth-order valence-electron chi connectivity index (χ4n) is 3.97. The van der Waals surface area contributed by atoms with Crippen molar-refractivity contribution in [3.8, 4) is 17.3 Å². The average molecular weight is 382 g/mol. The highest BCUT2D eigenvalue weighted by atomic mass is 16.5. The van der Waals surface area contributed by atoms with E-state index in [1.54, 1.807) is 19.4 Å². The van der Waals surface area contributed by atoms with Crippen LogP contribution in [0.1, 0.15) is 30.5 Å². The summed E-state index contributed by atoms with van der Waals surface area (Å²) < 4.78 is 10.7. The van der Waals surface area contributed by atoms with E-state index in [1.807, 2.05) is 18.0 Å². The summed E-state index contributed by atoms with van der Waals surface area (Å²) in [6, 6.07) is 3.64. The van der Waals surface area contributed by atoms with Crippen LogP contribution in [0.3, 0.4) is 0 Å². The molecular formula is C21H26N4O3. The summed E-state index contributed by atoms with van der Waals surface area (Å²) in [6.07, 6.45) is 6.19. The van der Waals surface area contributed by atoms with Gasteiger partial charge in [0.15, 0.2) is 11.6 Å². The second-order valence-corrected chi connectivity index (χ2v) is 7.56. The van der Waals surface area contributed by atoms with Crippen LogP contribution in [0.15, 0.2) is 18.3 Å². The van der Waals surface area contributed by atoms with E-state index in [2.05, 4.69) is 4.98 Å². The van der Waals surface area contributed by atoms with Crippen molar-refractivity contribution >= 4 is 11.6 Å². The number of carbonyl (C=O) groups excluding carboxylic acids is 1. The van der Waals surface area contributed by atoms with E-state index < -0.39 is 0 Å². The fourth-order valence-corrected chi connectivity index (χ4v) is 3.97. The number of methoxy groups -OCH3 is 1. The molecule has 4 rings (SSSR count). The van der Waals surface area contributed by atoms with Crippen molar-refractivity contribution in [3.63, 3.8) is 0 Å². The monoisotopic (exact) mass is 382 g/mol. The van der Waals surface area contributed by atoms with Crippen molar-refractivity contribution in [3.05, 3.63) is 29.6 Å². The van der Waals surface area contributed by atoms with Crippen LogP contribution in [0.4, 0.5) is 5.82 Å². The van der Waals surface area contributed by atoms with Gasteiger partial charge >= 0.3 is 0 Å². The maximum absolute atomic E-state index is 12.6. The molecule has 0 bridgehead atoms. The van der Waals surface area contributed by atoms with E-state index in [0.29, 0.717) is 37.0 Å². The maximum atomic E-state index is 12.6. The van der Waals surface area contributed by atoms with Crippen molar-refractivity contribution in [2.45, 2.75) is 32.1 Å². The number of anilines is 1. The third-order valence-corrected chi connectivity index (χ3v) is 5.42. The lowest BCUT2D eigenvalue weighted by Gasteiger charge is -2.21. The zero-order valence-corrected chi connectivity index (χ0v) is 16.5. The molecule has 0 amide bonds. The summed E-state index contributed by atoms with van der Waals surface area (Å²) in [5, 5.41) is 0. The van der Waals surface area contributed by atoms with Crippen LogP contribution in [0.5, 0.6) is 5.75 Å². The van der Waals surface area contributed by atoms with Crippen LogP contribution >= 0.6 is 0 Å². The van der Waals surface area contributed by atoms with E-state index in [-0.39, 0.29) is 5.78 Å². The first-order valence-corrected chi connectivity index (χ1v) is 9.85. The third-order valence-electron chi connectivity index (χ3n) is 5.42. The first kappa shape index (κ1) is 18.8. The number of hydrogen-bond acceptors (Lipinski definition) is 7. The van der Waals surface area contributed by atoms with Gasteiger partial charge in [0, 0.05) is 50.2 Å². The molecule has 0 N–H and O–H groups in total. The molecule has 148 valence electrons. The molecule has 0 spiro atoms. The van der Waals surface area contributed by atoms with Crippen molar-refractivity contribution < 1.29 is 14.3 Å². The largest absolute Gasteiger partial charge is 0.497 e. The van der Waals surface area contributed by atoms with Crippen LogP contribution in [-0.2, 0) is 22.4 Å². The Morgan fingerprint density at radius 2 is 2.25 bits per heavy atom. The van der Waals surface area contributed by atoms with Gasteiger partial charge in [0.25, 0.3) is 0 Å². The van der Waals surface area contributed by atoms with Gasteiger partial charge in [-0.25, -0.2) is 9.97 Å². The summed E-state index contributed by atoms with van der Waals surface area (Å²) in [5.41, 5.74) is 2.90. The fraction of sp³-hybridized carbons (Fsp3) is 0.524. The number of pyridine rings is 1. The molecule has 1 saturated heterocycles. The average Bonchev–Trinajstić information content (AvgIpc) is 3.38. The number of likely N-dealkylation sites (N-methyl/N-ethyl adjacent to an activating group) is 1. The zero-order valence-electron chi connectivity index (χ0n) is 16.5. The Bertz CT molecular complexity index is 865. The number of ether oxygens (including phenoxy) is 2. The molecule has 7 nitrogen and oxygen atoms in total. The number of nitrogens with zero attached hydrogens (tertiary/aromatic N) is 4. The first-order valence-electron chi connectivity index (χ1n) is 9.85. The minimum absolute atomic E-state index is 0.226.